The standard InChI is InChI=1S/C11H19N3O/c1-4-13-11(8-15-9(2)3)10-7-12-5-6-14-10/h5-7,9,11,13H,4,8H2,1-3H3. The van der Waals surface area contributed by atoms with E-state index < -0.39 is 0 Å². The molecule has 1 aromatic heterocycles. The maximum Gasteiger partial charge on any atom is 0.0779 e. The van der Waals surface area contributed by atoms with Crippen molar-refractivity contribution in [2.24, 2.45) is 0 Å². The molecule has 1 atom stereocenters. The van der Waals surface area contributed by atoms with Crippen LogP contribution in [0.1, 0.15) is 32.5 Å². The third-order valence-corrected chi connectivity index (χ3v) is 1.99. The number of aromatic nitrogens is 2. The number of hydrogen-bond donors (Lipinski definition) is 1. The van der Waals surface area contributed by atoms with Crippen molar-refractivity contribution in [1.82, 2.24) is 15.3 Å². The van der Waals surface area contributed by atoms with Crippen molar-refractivity contribution >= 4 is 0 Å². The molecule has 1 N–H and O–H groups in total. The lowest BCUT2D eigenvalue weighted by Gasteiger charge is -2.18. The highest BCUT2D eigenvalue weighted by Crippen LogP contribution is 2.09. The van der Waals surface area contributed by atoms with E-state index in [2.05, 4.69) is 22.2 Å². The summed E-state index contributed by atoms with van der Waals surface area (Å²) < 4.78 is 5.58. The number of nitrogens with one attached hydrogen (secondary N) is 1. The van der Waals surface area contributed by atoms with Crippen LogP contribution in [0.3, 0.4) is 0 Å². The van der Waals surface area contributed by atoms with Gasteiger partial charge in [-0.2, -0.15) is 0 Å². The van der Waals surface area contributed by atoms with Gasteiger partial charge in [0, 0.05) is 12.4 Å². The zero-order valence-electron chi connectivity index (χ0n) is 9.60. The molecule has 1 heterocycles. The second-order valence-corrected chi connectivity index (χ2v) is 3.62. The smallest absolute Gasteiger partial charge is 0.0779 e. The summed E-state index contributed by atoms with van der Waals surface area (Å²) in [5.41, 5.74) is 0.931. The summed E-state index contributed by atoms with van der Waals surface area (Å²) in [6.07, 6.45) is 5.39. The molecule has 0 aromatic carbocycles. The van der Waals surface area contributed by atoms with Crippen molar-refractivity contribution in [3.63, 3.8) is 0 Å². The van der Waals surface area contributed by atoms with E-state index in [-0.39, 0.29) is 12.1 Å². The van der Waals surface area contributed by atoms with Gasteiger partial charge in [-0.05, 0) is 20.4 Å². The molecule has 0 aliphatic heterocycles. The molecule has 1 unspecified atom stereocenters. The van der Waals surface area contributed by atoms with Crippen LogP contribution in [0.15, 0.2) is 18.6 Å². The molecule has 0 amide bonds. The molecule has 0 saturated carbocycles. The maximum absolute atomic E-state index is 5.58. The first-order valence-corrected chi connectivity index (χ1v) is 5.35. The average Bonchev–Trinajstić information content (AvgIpc) is 2.25. The summed E-state index contributed by atoms with van der Waals surface area (Å²) in [6.45, 7) is 7.64. The molecule has 0 aliphatic carbocycles. The van der Waals surface area contributed by atoms with Gasteiger partial charge in [-0.15, -0.1) is 0 Å². The van der Waals surface area contributed by atoms with Crippen LogP contribution in [-0.2, 0) is 4.74 Å². The fraction of sp³-hybridized carbons (Fsp3) is 0.636. The Balaban J connectivity index is 2.57. The van der Waals surface area contributed by atoms with Crippen molar-refractivity contribution in [2.75, 3.05) is 13.2 Å². The van der Waals surface area contributed by atoms with Gasteiger partial charge < -0.3 is 10.1 Å². The van der Waals surface area contributed by atoms with Crippen molar-refractivity contribution in [2.45, 2.75) is 32.9 Å². The molecular weight excluding hydrogens is 190 g/mol. The molecule has 84 valence electrons. The van der Waals surface area contributed by atoms with Crippen LogP contribution in [0.5, 0.6) is 0 Å². The summed E-state index contributed by atoms with van der Waals surface area (Å²) in [4.78, 5) is 8.33. The quantitative estimate of drug-likeness (QED) is 0.772. The number of ether oxygens (including phenoxy) is 1. The van der Waals surface area contributed by atoms with Gasteiger partial charge in [-0.25, -0.2) is 0 Å². The molecular formula is C11H19N3O. The monoisotopic (exact) mass is 209 g/mol. The molecule has 1 aromatic rings. The lowest BCUT2D eigenvalue weighted by atomic mass is 10.2. The number of nitrogens with zero attached hydrogens (tertiary/aromatic N) is 2. The minimum atomic E-state index is 0.131. The van der Waals surface area contributed by atoms with Crippen molar-refractivity contribution in [3.05, 3.63) is 24.3 Å². The first-order chi connectivity index (χ1) is 7.24. The Kier molecular flexibility index (Phi) is 5.21. The normalized spacial score (nSPS) is 13.1. The van der Waals surface area contributed by atoms with E-state index in [4.69, 9.17) is 4.74 Å². The Morgan fingerprint density at radius 2 is 2.20 bits per heavy atom. The Morgan fingerprint density at radius 1 is 1.40 bits per heavy atom. The average molecular weight is 209 g/mol. The van der Waals surface area contributed by atoms with Gasteiger partial charge in [0.15, 0.2) is 0 Å². The molecule has 15 heavy (non-hydrogen) atoms. The summed E-state index contributed by atoms with van der Waals surface area (Å²) in [5, 5.41) is 3.33. The van der Waals surface area contributed by atoms with Gasteiger partial charge in [-0.1, -0.05) is 6.92 Å². The van der Waals surface area contributed by atoms with Gasteiger partial charge in [0.2, 0.25) is 0 Å². The molecule has 0 spiro atoms. The van der Waals surface area contributed by atoms with Crippen LogP contribution in [0, 0.1) is 0 Å². The maximum atomic E-state index is 5.58. The second kappa shape index (κ2) is 6.48. The number of hydrogen-bond acceptors (Lipinski definition) is 4. The molecule has 0 radical (unpaired) electrons. The van der Waals surface area contributed by atoms with Crippen LogP contribution < -0.4 is 5.32 Å². The topological polar surface area (TPSA) is 47.0 Å². The minimum absolute atomic E-state index is 0.131. The van der Waals surface area contributed by atoms with Gasteiger partial charge in [0.05, 0.1) is 30.6 Å². The fourth-order valence-electron chi connectivity index (χ4n) is 1.27. The largest absolute Gasteiger partial charge is 0.377 e. The van der Waals surface area contributed by atoms with E-state index in [1.54, 1.807) is 18.6 Å². The first kappa shape index (κ1) is 12.1. The molecule has 0 aliphatic rings. The highest BCUT2D eigenvalue weighted by atomic mass is 16.5. The van der Waals surface area contributed by atoms with Gasteiger partial charge in [0.25, 0.3) is 0 Å². The Labute approximate surface area is 91.1 Å². The lowest BCUT2D eigenvalue weighted by Crippen LogP contribution is -2.27. The molecule has 1 rings (SSSR count). The molecule has 0 fully saturated rings. The molecule has 4 heteroatoms. The van der Waals surface area contributed by atoms with Crippen LogP contribution in [0.4, 0.5) is 0 Å². The second-order valence-electron chi connectivity index (χ2n) is 3.62. The van der Waals surface area contributed by atoms with Crippen molar-refractivity contribution in [1.29, 1.82) is 0 Å². The highest BCUT2D eigenvalue weighted by molar-refractivity contribution is 5.02. The number of likely N-dealkylation sites (N-methyl/N-ethyl adjacent to an activating group) is 1. The van der Waals surface area contributed by atoms with E-state index in [9.17, 15) is 0 Å². The highest BCUT2D eigenvalue weighted by Gasteiger charge is 2.12. The van der Waals surface area contributed by atoms with Crippen LogP contribution in [0.2, 0.25) is 0 Å². The molecule has 0 bridgehead atoms. The van der Waals surface area contributed by atoms with E-state index in [0.29, 0.717) is 6.61 Å². The van der Waals surface area contributed by atoms with E-state index in [1.165, 1.54) is 0 Å². The summed E-state index contributed by atoms with van der Waals surface area (Å²) in [5.74, 6) is 0. The zero-order valence-corrected chi connectivity index (χ0v) is 9.60. The summed E-state index contributed by atoms with van der Waals surface area (Å²) in [6, 6.07) is 0.131. The van der Waals surface area contributed by atoms with Crippen molar-refractivity contribution < 1.29 is 4.74 Å². The van der Waals surface area contributed by atoms with Gasteiger partial charge in [0.1, 0.15) is 0 Å². The Bertz CT molecular complexity index is 264. The predicted molar refractivity (Wildman–Crippen MR) is 59.5 cm³/mol. The van der Waals surface area contributed by atoms with Crippen LogP contribution in [0.25, 0.3) is 0 Å². The molecule has 0 saturated heterocycles. The van der Waals surface area contributed by atoms with Crippen LogP contribution in [-0.4, -0.2) is 29.2 Å². The third kappa shape index (κ3) is 4.36. The van der Waals surface area contributed by atoms with E-state index >= 15 is 0 Å². The Morgan fingerprint density at radius 3 is 2.73 bits per heavy atom. The summed E-state index contributed by atoms with van der Waals surface area (Å²) in [7, 11) is 0. The molecule has 4 nitrogen and oxygen atoms in total. The number of rotatable bonds is 6. The zero-order chi connectivity index (χ0) is 11.1. The fourth-order valence-corrected chi connectivity index (χ4v) is 1.27. The SMILES string of the molecule is CCNC(COC(C)C)c1cnccn1. The Hall–Kier alpha value is -1.00. The lowest BCUT2D eigenvalue weighted by molar-refractivity contribution is 0.0606. The van der Waals surface area contributed by atoms with E-state index in [1.807, 2.05) is 13.8 Å². The third-order valence-electron chi connectivity index (χ3n) is 1.99. The van der Waals surface area contributed by atoms with Gasteiger partial charge in [-0.3, -0.25) is 9.97 Å². The predicted octanol–water partition coefficient (Wildman–Crippen LogP) is 1.55. The first-order valence-electron chi connectivity index (χ1n) is 5.35. The van der Waals surface area contributed by atoms with Crippen molar-refractivity contribution in [3.8, 4) is 0 Å². The van der Waals surface area contributed by atoms with E-state index in [0.717, 1.165) is 12.2 Å². The van der Waals surface area contributed by atoms with Crippen LogP contribution >= 0.6 is 0 Å². The summed E-state index contributed by atoms with van der Waals surface area (Å²) >= 11 is 0. The van der Waals surface area contributed by atoms with Gasteiger partial charge >= 0.3 is 0 Å². The minimum Gasteiger partial charge on any atom is -0.377 e.